The Hall–Kier alpha value is -1.06. The lowest BCUT2D eigenvalue weighted by molar-refractivity contribution is -0.187. The molecule has 0 aromatic rings. The summed E-state index contributed by atoms with van der Waals surface area (Å²) in [5.74, 6) is -2.05. The fraction of sp³-hybridized carbons (Fsp3) is 0.875. The smallest absolute Gasteiger partial charge is 0.324 e. The van der Waals surface area contributed by atoms with Gasteiger partial charge in [-0.3, -0.25) is 9.59 Å². The summed E-state index contributed by atoms with van der Waals surface area (Å²) in [5, 5.41) is 9.71. The fourth-order valence-corrected chi connectivity index (χ4v) is 2.98. The number of aliphatic carboxylic acids is 1. The quantitative estimate of drug-likeness (QED) is 0.570. The van der Waals surface area contributed by atoms with Crippen molar-refractivity contribution in [3.05, 3.63) is 0 Å². The third kappa shape index (κ3) is 3.53. The van der Waals surface area contributed by atoms with Gasteiger partial charge in [0, 0.05) is 0 Å². The number of rotatable bonds is 7. The normalized spacial score (nSPS) is 16.6. The molecular formula is C16H30O4. The minimum atomic E-state index is -1.52. The predicted molar refractivity (Wildman–Crippen MR) is 79.4 cm³/mol. The van der Waals surface area contributed by atoms with Crippen molar-refractivity contribution in [3.8, 4) is 0 Å². The number of carbonyl (C=O) groups excluding carboxylic acids is 1. The van der Waals surface area contributed by atoms with Gasteiger partial charge in [0.05, 0.1) is 0 Å². The molecule has 0 aromatic heterocycles. The average Bonchev–Trinajstić information content (AvgIpc) is 2.25. The molecule has 118 valence electrons. The number of carboxylic acid groups (broad SMARTS) is 1. The molecule has 0 aliphatic heterocycles. The van der Waals surface area contributed by atoms with Gasteiger partial charge in [-0.2, -0.15) is 0 Å². The van der Waals surface area contributed by atoms with E-state index in [0.717, 1.165) is 12.8 Å². The molecule has 2 unspecified atom stereocenters. The molecule has 0 amide bonds. The van der Waals surface area contributed by atoms with E-state index in [0.29, 0.717) is 6.42 Å². The lowest BCUT2D eigenvalue weighted by Gasteiger charge is -2.42. The molecule has 20 heavy (non-hydrogen) atoms. The molecule has 0 bridgehead atoms. The first-order valence-corrected chi connectivity index (χ1v) is 7.50. The summed E-state index contributed by atoms with van der Waals surface area (Å²) in [7, 11) is 0. The topological polar surface area (TPSA) is 63.6 Å². The average molecular weight is 286 g/mol. The van der Waals surface area contributed by atoms with E-state index in [1.165, 1.54) is 0 Å². The van der Waals surface area contributed by atoms with Crippen LogP contribution in [0.15, 0.2) is 0 Å². The van der Waals surface area contributed by atoms with Gasteiger partial charge in [-0.05, 0) is 24.2 Å². The van der Waals surface area contributed by atoms with E-state index in [9.17, 15) is 14.7 Å². The van der Waals surface area contributed by atoms with Crippen LogP contribution in [-0.4, -0.2) is 23.1 Å². The second-order valence-electron chi connectivity index (χ2n) is 6.74. The van der Waals surface area contributed by atoms with Crippen LogP contribution in [0, 0.1) is 16.7 Å². The molecule has 0 heterocycles. The highest BCUT2D eigenvalue weighted by molar-refractivity contribution is 6.00. The van der Waals surface area contributed by atoms with Gasteiger partial charge < -0.3 is 9.84 Å². The lowest BCUT2D eigenvalue weighted by Crippen LogP contribution is -2.54. The van der Waals surface area contributed by atoms with Crippen LogP contribution in [0.4, 0.5) is 0 Å². The molecule has 4 nitrogen and oxygen atoms in total. The molecule has 4 heteroatoms. The maximum Gasteiger partial charge on any atom is 0.324 e. The van der Waals surface area contributed by atoms with Crippen LogP contribution in [0.3, 0.4) is 0 Å². The van der Waals surface area contributed by atoms with E-state index < -0.39 is 22.8 Å². The van der Waals surface area contributed by atoms with E-state index in [1.54, 1.807) is 34.6 Å². The number of carboxylic acids is 1. The Bertz CT molecular complexity index is 341. The van der Waals surface area contributed by atoms with Crippen LogP contribution in [0.5, 0.6) is 0 Å². The second kappa shape index (κ2) is 7.09. The highest BCUT2D eigenvalue weighted by atomic mass is 16.5. The van der Waals surface area contributed by atoms with E-state index in [1.807, 2.05) is 13.8 Å². The maximum absolute atomic E-state index is 12.6. The summed E-state index contributed by atoms with van der Waals surface area (Å²) >= 11 is 0. The van der Waals surface area contributed by atoms with Crippen molar-refractivity contribution in [2.45, 2.75) is 73.8 Å². The molecule has 0 rings (SSSR count). The van der Waals surface area contributed by atoms with Gasteiger partial charge in [0.15, 0.2) is 5.41 Å². The van der Waals surface area contributed by atoms with Gasteiger partial charge in [0.25, 0.3) is 0 Å². The van der Waals surface area contributed by atoms with Crippen LogP contribution < -0.4 is 0 Å². The molecule has 2 atom stereocenters. The zero-order chi connectivity index (χ0) is 16.1. The van der Waals surface area contributed by atoms with Gasteiger partial charge >= 0.3 is 11.9 Å². The molecule has 0 spiro atoms. The molecule has 0 fully saturated rings. The Kier molecular flexibility index (Phi) is 6.72. The summed E-state index contributed by atoms with van der Waals surface area (Å²) in [6, 6.07) is 0. The number of carbonyl (C=O) groups is 2. The summed E-state index contributed by atoms with van der Waals surface area (Å²) in [4.78, 5) is 24.5. The van der Waals surface area contributed by atoms with Crippen molar-refractivity contribution in [1.82, 2.24) is 0 Å². The summed E-state index contributed by atoms with van der Waals surface area (Å²) in [5.41, 5.74) is -2.23. The van der Waals surface area contributed by atoms with Crippen molar-refractivity contribution in [2.75, 3.05) is 0 Å². The number of hydrogen-bond donors (Lipinski definition) is 1. The maximum atomic E-state index is 12.6. The van der Waals surface area contributed by atoms with Crippen LogP contribution in [0.1, 0.15) is 67.7 Å². The molecule has 0 radical (unpaired) electrons. The molecule has 0 aliphatic rings. The van der Waals surface area contributed by atoms with Crippen molar-refractivity contribution >= 4 is 11.9 Å². The van der Waals surface area contributed by atoms with Crippen molar-refractivity contribution in [3.63, 3.8) is 0 Å². The largest absolute Gasteiger partial charge is 0.480 e. The molecule has 0 aliphatic carbocycles. The molecular weight excluding hydrogens is 256 g/mol. The molecule has 0 saturated carbocycles. The predicted octanol–water partition coefficient (Wildman–Crippen LogP) is 3.88. The van der Waals surface area contributed by atoms with E-state index in [-0.39, 0.29) is 12.0 Å². The Morgan fingerprint density at radius 3 is 1.90 bits per heavy atom. The van der Waals surface area contributed by atoms with Gasteiger partial charge in [-0.1, -0.05) is 54.9 Å². The van der Waals surface area contributed by atoms with Crippen LogP contribution >= 0.6 is 0 Å². The lowest BCUT2D eigenvalue weighted by atomic mass is 9.60. The van der Waals surface area contributed by atoms with Crippen molar-refractivity contribution in [2.24, 2.45) is 16.7 Å². The third-order valence-corrected chi connectivity index (χ3v) is 4.05. The van der Waals surface area contributed by atoms with Gasteiger partial charge in [-0.25, -0.2) is 0 Å². The van der Waals surface area contributed by atoms with Crippen LogP contribution in [0.2, 0.25) is 0 Å². The summed E-state index contributed by atoms with van der Waals surface area (Å²) in [6.07, 6.45) is 2.17. The monoisotopic (exact) mass is 286 g/mol. The Morgan fingerprint density at radius 2 is 1.65 bits per heavy atom. The highest BCUT2D eigenvalue weighted by Crippen LogP contribution is 2.46. The fourth-order valence-electron chi connectivity index (χ4n) is 2.98. The number of esters is 1. The van der Waals surface area contributed by atoms with E-state index >= 15 is 0 Å². The number of ether oxygens (including phenoxy) is 1. The minimum absolute atomic E-state index is 0.202. The first-order chi connectivity index (χ1) is 9.05. The highest BCUT2D eigenvalue weighted by Gasteiger charge is 2.59. The Balaban J connectivity index is 5.55. The van der Waals surface area contributed by atoms with Crippen molar-refractivity contribution in [1.29, 1.82) is 0 Å². The summed E-state index contributed by atoms with van der Waals surface area (Å²) in [6.45, 7) is 12.8. The van der Waals surface area contributed by atoms with E-state index in [4.69, 9.17) is 4.74 Å². The van der Waals surface area contributed by atoms with Gasteiger partial charge in [-0.15, -0.1) is 0 Å². The Labute approximate surface area is 122 Å². The second-order valence-corrected chi connectivity index (χ2v) is 6.74. The molecule has 0 saturated heterocycles. The SMILES string of the molecule is CCCC(CC)OC(=O)C(C(=O)O)(C(C)C)C(C)(C)C. The Morgan fingerprint density at radius 1 is 1.15 bits per heavy atom. The zero-order valence-electron chi connectivity index (χ0n) is 13.9. The first kappa shape index (κ1) is 18.9. The van der Waals surface area contributed by atoms with Crippen molar-refractivity contribution < 1.29 is 19.4 Å². The summed E-state index contributed by atoms with van der Waals surface area (Å²) < 4.78 is 5.53. The number of hydrogen-bond acceptors (Lipinski definition) is 3. The zero-order valence-corrected chi connectivity index (χ0v) is 13.9. The molecule has 0 aromatic carbocycles. The third-order valence-electron chi connectivity index (χ3n) is 4.05. The van der Waals surface area contributed by atoms with E-state index in [2.05, 4.69) is 0 Å². The van der Waals surface area contributed by atoms with Crippen LogP contribution in [0.25, 0.3) is 0 Å². The molecule has 1 N–H and O–H groups in total. The first-order valence-electron chi connectivity index (χ1n) is 7.50. The minimum Gasteiger partial charge on any atom is -0.480 e. The standard InChI is InChI=1S/C16H30O4/c1-8-10-12(9-2)20-14(19)16(11(3)4,13(17)18)15(5,6)7/h11-12H,8-10H2,1-7H3,(H,17,18). The van der Waals surface area contributed by atoms with Gasteiger partial charge in [0.1, 0.15) is 6.10 Å². The van der Waals surface area contributed by atoms with Gasteiger partial charge in [0.2, 0.25) is 0 Å². The van der Waals surface area contributed by atoms with Crippen LogP contribution in [-0.2, 0) is 14.3 Å².